The van der Waals surface area contributed by atoms with Gasteiger partial charge in [-0.1, -0.05) is 39.8 Å². The summed E-state index contributed by atoms with van der Waals surface area (Å²) in [4.78, 5) is 19.3. The molecule has 0 spiro atoms. The molecule has 0 unspecified atom stereocenters. The van der Waals surface area contributed by atoms with Gasteiger partial charge in [0.15, 0.2) is 5.76 Å². The second-order valence-corrected chi connectivity index (χ2v) is 8.37. The van der Waals surface area contributed by atoms with Crippen molar-refractivity contribution < 1.29 is 9.32 Å². The van der Waals surface area contributed by atoms with Gasteiger partial charge in [-0.2, -0.15) is 0 Å². The fourth-order valence-electron chi connectivity index (χ4n) is 3.28. The molecule has 1 aliphatic heterocycles. The molecule has 1 amide bonds. The second kappa shape index (κ2) is 9.22. The molecule has 3 heterocycles. The molecule has 6 nitrogen and oxygen atoms in total. The molecule has 0 atom stereocenters. The lowest BCUT2D eigenvalue weighted by Gasteiger charge is -2.30. The zero-order valence-electron chi connectivity index (χ0n) is 18.3. The van der Waals surface area contributed by atoms with Gasteiger partial charge in [0.05, 0.1) is 23.6 Å². The molecule has 2 aromatic rings. The van der Waals surface area contributed by atoms with Crippen molar-refractivity contribution in [2.75, 3.05) is 16.8 Å². The van der Waals surface area contributed by atoms with Gasteiger partial charge in [0, 0.05) is 19.0 Å². The minimum Gasteiger partial charge on any atom is -0.362 e. The molecule has 6 heteroatoms. The van der Waals surface area contributed by atoms with E-state index in [0.29, 0.717) is 18.8 Å². The summed E-state index contributed by atoms with van der Waals surface area (Å²) in [6.45, 7) is 15.7. The third-order valence-electron chi connectivity index (χ3n) is 4.42. The standard InChI is InChI=1S/C20H28N4O2.C2H6/c1-13-9-17-16(21-19(13)22-18(25)11-20(3,4)5)7-6-8-24(17)12-15-10-14(2)23-26-15;1-2/h9-10H,6-8,11-12H2,1-5H3,(H,21,22,25);1-2H3. The highest BCUT2D eigenvalue weighted by Crippen LogP contribution is 2.31. The quantitative estimate of drug-likeness (QED) is 0.797. The van der Waals surface area contributed by atoms with Gasteiger partial charge in [-0.3, -0.25) is 4.79 Å². The number of amides is 1. The molecule has 0 saturated heterocycles. The number of carbonyl (C=O) groups excluding carboxylic acids is 1. The van der Waals surface area contributed by atoms with Gasteiger partial charge in [-0.05, 0) is 43.7 Å². The molecule has 0 aromatic carbocycles. The summed E-state index contributed by atoms with van der Waals surface area (Å²) in [6, 6.07) is 4.09. The molecule has 0 bridgehead atoms. The summed E-state index contributed by atoms with van der Waals surface area (Å²) in [5.74, 6) is 1.55. The number of hydrogen-bond donors (Lipinski definition) is 1. The largest absolute Gasteiger partial charge is 0.362 e. The summed E-state index contributed by atoms with van der Waals surface area (Å²) < 4.78 is 5.37. The fourth-order valence-corrected chi connectivity index (χ4v) is 3.28. The van der Waals surface area contributed by atoms with Crippen LogP contribution < -0.4 is 10.2 Å². The Morgan fingerprint density at radius 2 is 1.96 bits per heavy atom. The molecule has 0 fully saturated rings. The summed E-state index contributed by atoms with van der Waals surface area (Å²) in [6.07, 6.45) is 2.43. The van der Waals surface area contributed by atoms with Crippen LogP contribution in [0.5, 0.6) is 0 Å². The predicted octanol–water partition coefficient (Wildman–Crippen LogP) is 5.04. The Kier molecular flexibility index (Phi) is 7.22. The van der Waals surface area contributed by atoms with Crippen LogP contribution in [0.25, 0.3) is 0 Å². The van der Waals surface area contributed by atoms with Crippen molar-refractivity contribution in [2.24, 2.45) is 5.41 Å². The topological polar surface area (TPSA) is 71.3 Å². The van der Waals surface area contributed by atoms with Crippen molar-refractivity contribution in [1.82, 2.24) is 10.1 Å². The maximum Gasteiger partial charge on any atom is 0.226 e. The molecule has 1 N–H and O–H groups in total. The lowest BCUT2D eigenvalue weighted by Crippen LogP contribution is -2.30. The SMILES string of the molecule is CC.Cc1cc(CN2CCCc3nc(NC(=O)CC(C)(C)C)c(C)cc32)on1. The van der Waals surface area contributed by atoms with Crippen molar-refractivity contribution in [1.29, 1.82) is 0 Å². The first kappa shape index (κ1) is 21.9. The van der Waals surface area contributed by atoms with Gasteiger partial charge >= 0.3 is 0 Å². The molecular formula is C22H34N4O2. The van der Waals surface area contributed by atoms with E-state index in [0.717, 1.165) is 47.8 Å². The molecular weight excluding hydrogens is 352 g/mol. The van der Waals surface area contributed by atoms with Crippen LogP contribution in [0, 0.1) is 19.3 Å². The summed E-state index contributed by atoms with van der Waals surface area (Å²) in [7, 11) is 0. The van der Waals surface area contributed by atoms with E-state index in [2.05, 4.69) is 42.2 Å². The maximum atomic E-state index is 12.3. The van der Waals surface area contributed by atoms with Crippen molar-refractivity contribution in [2.45, 2.75) is 74.3 Å². The van der Waals surface area contributed by atoms with E-state index in [9.17, 15) is 4.79 Å². The lowest BCUT2D eigenvalue weighted by atomic mass is 9.92. The van der Waals surface area contributed by atoms with Gasteiger partial charge < -0.3 is 14.7 Å². The predicted molar refractivity (Wildman–Crippen MR) is 114 cm³/mol. The van der Waals surface area contributed by atoms with E-state index in [1.807, 2.05) is 33.8 Å². The molecule has 0 aliphatic carbocycles. The fraction of sp³-hybridized carbons (Fsp3) is 0.591. The van der Waals surface area contributed by atoms with Crippen molar-refractivity contribution in [3.8, 4) is 0 Å². The monoisotopic (exact) mass is 386 g/mol. The first-order valence-corrected chi connectivity index (χ1v) is 10.2. The van der Waals surface area contributed by atoms with Crippen LogP contribution in [0.3, 0.4) is 0 Å². The zero-order chi connectivity index (χ0) is 20.9. The molecule has 0 saturated carbocycles. The minimum absolute atomic E-state index is 0.0119. The van der Waals surface area contributed by atoms with Crippen LogP contribution in [0.2, 0.25) is 0 Å². The van der Waals surface area contributed by atoms with Crippen LogP contribution in [0.4, 0.5) is 11.5 Å². The number of aromatic nitrogens is 2. The number of carbonyl (C=O) groups is 1. The average Bonchev–Trinajstić information content (AvgIpc) is 3.01. The highest BCUT2D eigenvalue weighted by Gasteiger charge is 2.23. The number of hydrogen-bond acceptors (Lipinski definition) is 5. The first-order valence-electron chi connectivity index (χ1n) is 10.2. The van der Waals surface area contributed by atoms with Crippen LogP contribution in [0.1, 0.15) is 70.2 Å². The average molecular weight is 387 g/mol. The number of rotatable bonds is 4. The van der Waals surface area contributed by atoms with Crippen LogP contribution >= 0.6 is 0 Å². The molecule has 3 rings (SSSR count). The van der Waals surface area contributed by atoms with Crippen molar-refractivity contribution in [3.05, 3.63) is 34.8 Å². The van der Waals surface area contributed by atoms with Gasteiger partial charge in [0.25, 0.3) is 0 Å². The Bertz CT molecular complexity index is 805. The highest BCUT2D eigenvalue weighted by atomic mass is 16.5. The highest BCUT2D eigenvalue weighted by molar-refractivity contribution is 5.91. The Hall–Kier alpha value is -2.37. The van der Waals surface area contributed by atoms with Crippen molar-refractivity contribution in [3.63, 3.8) is 0 Å². The molecule has 2 aromatic heterocycles. The number of nitrogens with zero attached hydrogens (tertiary/aromatic N) is 3. The Morgan fingerprint density at radius 3 is 2.57 bits per heavy atom. The van der Waals surface area contributed by atoms with Crippen molar-refractivity contribution >= 4 is 17.4 Å². The van der Waals surface area contributed by atoms with E-state index in [1.54, 1.807) is 0 Å². The van der Waals surface area contributed by atoms with Gasteiger partial charge in [-0.15, -0.1) is 0 Å². The summed E-state index contributed by atoms with van der Waals surface area (Å²) >= 11 is 0. The number of anilines is 2. The van der Waals surface area contributed by atoms with Gasteiger partial charge in [0.1, 0.15) is 5.82 Å². The molecule has 1 aliphatic rings. The number of aryl methyl sites for hydroxylation is 3. The number of nitrogens with one attached hydrogen (secondary N) is 1. The first-order chi connectivity index (χ1) is 13.2. The lowest BCUT2D eigenvalue weighted by molar-refractivity contribution is -0.117. The Labute approximate surface area is 168 Å². The summed E-state index contributed by atoms with van der Waals surface area (Å²) in [5, 5.41) is 6.95. The molecule has 28 heavy (non-hydrogen) atoms. The second-order valence-electron chi connectivity index (χ2n) is 8.37. The van der Waals surface area contributed by atoms with Crippen LogP contribution in [-0.4, -0.2) is 22.6 Å². The van der Waals surface area contributed by atoms with E-state index in [1.165, 1.54) is 0 Å². The van der Waals surface area contributed by atoms with E-state index in [-0.39, 0.29) is 11.3 Å². The van der Waals surface area contributed by atoms with E-state index >= 15 is 0 Å². The van der Waals surface area contributed by atoms with E-state index in [4.69, 9.17) is 9.51 Å². The van der Waals surface area contributed by atoms with Crippen LogP contribution in [0.15, 0.2) is 16.7 Å². The Balaban J connectivity index is 0.00000136. The number of pyridine rings is 1. The maximum absolute atomic E-state index is 12.3. The van der Waals surface area contributed by atoms with Crippen LogP contribution in [-0.2, 0) is 17.8 Å². The third kappa shape index (κ3) is 5.81. The third-order valence-corrected chi connectivity index (χ3v) is 4.42. The minimum atomic E-state index is -0.0435. The smallest absolute Gasteiger partial charge is 0.226 e. The summed E-state index contributed by atoms with van der Waals surface area (Å²) in [5.41, 5.74) is 3.98. The molecule has 154 valence electrons. The Morgan fingerprint density at radius 1 is 1.25 bits per heavy atom. The van der Waals surface area contributed by atoms with Gasteiger partial charge in [-0.25, -0.2) is 4.98 Å². The number of fused-ring (bicyclic) bond motifs is 1. The molecule has 0 radical (unpaired) electrons. The van der Waals surface area contributed by atoms with Gasteiger partial charge in [0.2, 0.25) is 5.91 Å². The normalized spacial score (nSPS) is 13.5. The van der Waals surface area contributed by atoms with E-state index < -0.39 is 0 Å². The zero-order valence-corrected chi connectivity index (χ0v) is 18.3.